The summed E-state index contributed by atoms with van der Waals surface area (Å²) in [6.07, 6.45) is 1.87. The summed E-state index contributed by atoms with van der Waals surface area (Å²) in [5.74, 6) is 0. The van der Waals surface area contributed by atoms with Crippen molar-refractivity contribution < 1.29 is 4.74 Å². The minimum absolute atomic E-state index is 0.247. The molecular formula is C18H23N5O. The van der Waals surface area contributed by atoms with E-state index in [0.717, 1.165) is 36.6 Å². The van der Waals surface area contributed by atoms with Gasteiger partial charge in [0.1, 0.15) is 0 Å². The first kappa shape index (κ1) is 15.4. The molecule has 1 unspecified atom stereocenters. The number of nitrogens with zero attached hydrogens (tertiary/aromatic N) is 4. The number of H-pyrrole nitrogens is 1. The molecule has 126 valence electrons. The maximum absolute atomic E-state index is 5.76. The lowest BCUT2D eigenvalue weighted by molar-refractivity contribution is -0.0131. The second kappa shape index (κ2) is 6.03. The number of aryl methyl sites for hydroxylation is 3. The van der Waals surface area contributed by atoms with Gasteiger partial charge in [0.25, 0.3) is 0 Å². The van der Waals surface area contributed by atoms with E-state index in [1.165, 1.54) is 16.6 Å². The fourth-order valence-corrected chi connectivity index (χ4v) is 3.66. The number of hydrogen-bond donors (Lipinski definition) is 1. The summed E-state index contributed by atoms with van der Waals surface area (Å²) in [7, 11) is 2.03. The Balaban J connectivity index is 1.62. The molecule has 0 spiro atoms. The molecule has 1 aliphatic heterocycles. The Morgan fingerprint density at radius 3 is 3.00 bits per heavy atom. The number of aromatic amines is 1. The number of imidazole rings is 1. The van der Waals surface area contributed by atoms with Crippen LogP contribution in [0.4, 0.5) is 0 Å². The van der Waals surface area contributed by atoms with Crippen molar-refractivity contribution in [2.24, 2.45) is 7.05 Å². The van der Waals surface area contributed by atoms with Gasteiger partial charge in [-0.1, -0.05) is 6.07 Å². The standard InChI is InChI=1S/C18H23N5O/c1-12-18(13(2)21-20-12)17-10-24-7-6-23(17)9-14-4-5-16-15(8-14)19-11-22(16)3/h4-5,8,11,17H,6-7,9-10H2,1-3H3,(H,20,21). The molecule has 2 aromatic heterocycles. The van der Waals surface area contributed by atoms with Crippen molar-refractivity contribution in [3.63, 3.8) is 0 Å². The van der Waals surface area contributed by atoms with E-state index in [4.69, 9.17) is 4.74 Å². The fourth-order valence-electron chi connectivity index (χ4n) is 3.66. The van der Waals surface area contributed by atoms with Crippen molar-refractivity contribution in [1.29, 1.82) is 0 Å². The quantitative estimate of drug-likeness (QED) is 0.804. The summed E-state index contributed by atoms with van der Waals surface area (Å²) in [4.78, 5) is 6.96. The second-order valence-electron chi connectivity index (χ2n) is 6.59. The van der Waals surface area contributed by atoms with Crippen LogP contribution in [0.3, 0.4) is 0 Å². The largest absolute Gasteiger partial charge is 0.378 e. The summed E-state index contributed by atoms with van der Waals surface area (Å²) in [5.41, 5.74) is 6.97. The van der Waals surface area contributed by atoms with Gasteiger partial charge in [-0.15, -0.1) is 0 Å². The topological polar surface area (TPSA) is 59.0 Å². The maximum Gasteiger partial charge on any atom is 0.0955 e. The third-order valence-corrected chi connectivity index (χ3v) is 4.93. The third kappa shape index (κ3) is 2.61. The molecule has 1 saturated heterocycles. The number of benzene rings is 1. The predicted molar refractivity (Wildman–Crippen MR) is 92.7 cm³/mol. The van der Waals surface area contributed by atoms with Crippen LogP contribution in [0.1, 0.15) is 28.6 Å². The summed E-state index contributed by atoms with van der Waals surface area (Å²) >= 11 is 0. The lowest BCUT2D eigenvalue weighted by Gasteiger charge is -2.36. The van der Waals surface area contributed by atoms with Crippen LogP contribution in [-0.4, -0.2) is 44.4 Å². The summed E-state index contributed by atoms with van der Waals surface area (Å²) in [5, 5.41) is 7.46. The van der Waals surface area contributed by atoms with Crippen LogP contribution >= 0.6 is 0 Å². The Labute approximate surface area is 141 Å². The van der Waals surface area contributed by atoms with E-state index in [0.29, 0.717) is 6.61 Å². The average molecular weight is 325 g/mol. The molecule has 24 heavy (non-hydrogen) atoms. The molecule has 6 nitrogen and oxygen atoms in total. The smallest absolute Gasteiger partial charge is 0.0955 e. The van der Waals surface area contributed by atoms with Gasteiger partial charge in [-0.25, -0.2) is 4.98 Å². The number of nitrogens with one attached hydrogen (secondary N) is 1. The van der Waals surface area contributed by atoms with Gasteiger partial charge in [0.05, 0.1) is 42.3 Å². The third-order valence-electron chi connectivity index (χ3n) is 4.93. The van der Waals surface area contributed by atoms with E-state index < -0.39 is 0 Å². The normalized spacial score (nSPS) is 19.2. The van der Waals surface area contributed by atoms with Crippen LogP contribution in [0, 0.1) is 13.8 Å². The highest BCUT2D eigenvalue weighted by molar-refractivity contribution is 5.75. The second-order valence-corrected chi connectivity index (χ2v) is 6.59. The minimum atomic E-state index is 0.247. The van der Waals surface area contributed by atoms with Crippen molar-refractivity contribution in [1.82, 2.24) is 24.6 Å². The molecule has 3 aromatic rings. The van der Waals surface area contributed by atoms with Crippen LogP contribution in [-0.2, 0) is 18.3 Å². The highest BCUT2D eigenvalue weighted by Gasteiger charge is 2.28. The van der Waals surface area contributed by atoms with Gasteiger partial charge in [-0.2, -0.15) is 5.10 Å². The Kier molecular flexibility index (Phi) is 3.86. The molecule has 6 heteroatoms. The van der Waals surface area contributed by atoms with Crippen molar-refractivity contribution >= 4 is 11.0 Å². The van der Waals surface area contributed by atoms with E-state index in [1.54, 1.807) is 0 Å². The zero-order valence-corrected chi connectivity index (χ0v) is 14.4. The van der Waals surface area contributed by atoms with E-state index in [2.05, 4.69) is 56.7 Å². The van der Waals surface area contributed by atoms with Gasteiger partial charge in [-0.3, -0.25) is 10.00 Å². The molecule has 1 aliphatic rings. The monoisotopic (exact) mass is 325 g/mol. The number of aromatic nitrogens is 4. The van der Waals surface area contributed by atoms with E-state index in [1.807, 2.05) is 13.4 Å². The summed E-state index contributed by atoms with van der Waals surface area (Å²) < 4.78 is 7.81. The lowest BCUT2D eigenvalue weighted by atomic mass is 10.0. The lowest BCUT2D eigenvalue weighted by Crippen LogP contribution is -2.39. The van der Waals surface area contributed by atoms with Gasteiger partial charge in [0.15, 0.2) is 0 Å². The Morgan fingerprint density at radius 2 is 2.21 bits per heavy atom. The molecule has 0 amide bonds. The van der Waals surface area contributed by atoms with Crippen LogP contribution < -0.4 is 0 Å². The van der Waals surface area contributed by atoms with Gasteiger partial charge in [-0.05, 0) is 31.5 Å². The first-order valence-corrected chi connectivity index (χ1v) is 8.36. The maximum atomic E-state index is 5.76. The van der Waals surface area contributed by atoms with Crippen molar-refractivity contribution in [3.05, 3.63) is 47.0 Å². The average Bonchev–Trinajstić information content (AvgIpc) is 3.11. The van der Waals surface area contributed by atoms with Gasteiger partial charge in [0.2, 0.25) is 0 Å². The molecule has 1 N–H and O–H groups in total. The first-order valence-electron chi connectivity index (χ1n) is 8.36. The molecule has 3 heterocycles. The summed E-state index contributed by atoms with van der Waals surface area (Å²) in [6.45, 7) is 7.46. The van der Waals surface area contributed by atoms with Gasteiger partial charge < -0.3 is 9.30 Å². The molecule has 1 aromatic carbocycles. The minimum Gasteiger partial charge on any atom is -0.378 e. The van der Waals surface area contributed by atoms with Gasteiger partial charge in [0, 0.05) is 31.4 Å². The first-order chi connectivity index (χ1) is 11.6. The number of ether oxygens (including phenoxy) is 1. The molecule has 1 fully saturated rings. The highest BCUT2D eigenvalue weighted by Crippen LogP contribution is 2.30. The predicted octanol–water partition coefficient (Wildman–Crippen LogP) is 2.49. The number of rotatable bonds is 3. The molecule has 0 aliphatic carbocycles. The Hall–Kier alpha value is -2.18. The fraction of sp³-hybridized carbons (Fsp3) is 0.444. The van der Waals surface area contributed by atoms with Gasteiger partial charge >= 0.3 is 0 Å². The van der Waals surface area contributed by atoms with Crippen molar-refractivity contribution in [2.45, 2.75) is 26.4 Å². The Bertz CT molecular complexity index is 846. The molecule has 0 saturated carbocycles. The molecule has 4 rings (SSSR count). The zero-order chi connectivity index (χ0) is 16.7. The van der Waals surface area contributed by atoms with Crippen molar-refractivity contribution in [3.8, 4) is 0 Å². The summed E-state index contributed by atoms with van der Waals surface area (Å²) in [6, 6.07) is 6.79. The SMILES string of the molecule is Cc1n[nH]c(C)c1C1COCCN1Cc1ccc2c(c1)ncn2C. The van der Waals surface area contributed by atoms with Crippen LogP contribution in [0.25, 0.3) is 11.0 Å². The van der Waals surface area contributed by atoms with Crippen molar-refractivity contribution in [2.75, 3.05) is 19.8 Å². The zero-order valence-electron chi connectivity index (χ0n) is 14.4. The van der Waals surface area contributed by atoms with Crippen LogP contribution in [0.5, 0.6) is 0 Å². The van der Waals surface area contributed by atoms with E-state index in [9.17, 15) is 0 Å². The van der Waals surface area contributed by atoms with Crippen LogP contribution in [0.2, 0.25) is 0 Å². The molecule has 1 atom stereocenters. The molecule has 0 radical (unpaired) electrons. The molecular weight excluding hydrogens is 302 g/mol. The van der Waals surface area contributed by atoms with E-state index in [-0.39, 0.29) is 6.04 Å². The highest BCUT2D eigenvalue weighted by atomic mass is 16.5. The number of morpholine rings is 1. The Morgan fingerprint density at radius 1 is 1.33 bits per heavy atom. The number of fused-ring (bicyclic) bond motifs is 1. The van der Waals surface area contributed by atoms with Crippen LogP contribution in [0.15, 0.2) is 24.5 Å². The van der Waals surface area contributed by atoms with E-state index >= 15 is 0 Å². The number of hydrogen-bond acceptors (Lipinski definition) is 4. The molecule has 0 bridgehead atoms.